The topological polar surface area (TPSA) is 20.2 Å². The number of aromatic hydroxyl groups is 1. The molecule has 0 heterocycles. The monoisotopic (exact) mass is 264 g/mol. The summed E-state index contributed by atoms with van der Waals surface area (Å²) < 4.78 is 0.898. The average molecular weight is 266 g/mol. The van der Waals surface area contributed by atoms with Gasteiger partial charge in [-0.05, 0) is 12.1 Å². The fourth-order valence-corrected chi connectivity index (χ4v) is 1.47. The van der Waals surface area contributed by atoms with Gasteiger partial charge in [0.2, 0.25) is 0 Å². The van der Waals surface area contributed by atoms with Gasteiger partial charge in [-0.15, -0.1) is 0 Å². The Balaban J connectivity index is 3.07. The lowest BCUT2D eigenvalue weighted by molar-refractivity contribution is 0.470. The summed E-state index contributed by atoms with van der Waals surface area (Å²) in [4.78, 5) is 0. The molecule has 0 aliphatic rings. The van der Waals surface area contributed by atoms with Gasteiger partial charge in [0.25, 0.3) is 0 Å². The summed E-state index contributed by atoms with van der Waals surface area (Å²) in [6.07, 6.45) is 0. The van der Waals surface area contributed by atoms with Crippen LogP contribution in [0.15, 0.2) is 22.7 Å². The van der Waals surface area contributed by atoms with E-state index in [0.717, 1.165) is 10.0 Å². The second-order valence-corrected chi connectivity index (χ2v) is 3.38. The molecule has 0 spiro atoms. The number of rotatable bonds is 1. The van der Waals surface area contributed by atoms with Crippen molar-refractivity contribution < 1.29 is 5.11 Å². The molecule has 0 unspecified atom stereocenters. The highest BCUT2D eigenvalue weighted by atomic mass is 79.9. The van der Waals surface area contributed by atoms with Crippen molar-refractivity contribution in [1.82, 2.24) is 0 Å². The minimum Gasteiger partial charge on any atom is -0.508 e. The van der Waals surface area contributed by atoms with Crippen LogP contribution >= 0.6 is 31.9 Å². The van der Waals surface area contributed by atoms with Gasteiger partial charge in [-0.2, -0.15) is 0 Å². The van der Waals surface area contributed by atoms with Gasteiger partial charge in [0.05, 0.1) is 0 Å². The molecule has 1 N–H and O–H groups in total. The van der Waals surface area contributed by atoms with E-state index >= 15 is 0 Å². The molecule has 10 heavy (non-hydrogen) atoms. The lowest BCUT2D eigenvalue weighted by atomic mass is 10.2. The van der Waals surface area contributed by atoms with Crippen molar-refractivity contribution >= 4 is 31.9 Å². The van der Waals surface area contributed by atoms with Crippen LogP contribution in [0.2, 0.25) is 0 Å². The first-order chi connectivity index (χ1) is 4.74. The molecular weight excluding hydrogens is 260 g/mol. The Kier molecular flexibility index (Phi) is 2.74. The third kappa shape index (κ3) is 1.73. The van der Waals surface area contributed by atoms with Crippen molar-refractivity contribution in [3.8, 4) is 5.75 Å². The number of alkyl halides is 1. The number of phenolic OH excluding ortho intramolecular Hbond substituents is 1. The minimum absolute atomic E-state index is 0.325. The summed E-state index contributed by atoms with van der Waals surface area (Å²) in [6.45, 7) is 0. The van der Waals surface area contributed by atoms with E-state index in [0.29, 0.717) is 11.1 Å². The first kappa shape index (κ1) is 8.08. The van der Waals surface area contributed by atoms with Gasteiger partial charge in [-0.1, -0.05) is 37.9 Å². The van der Waals surface area contributed by atoms with Crippen molar-refractivity contribution in [2.75, 3.05) is 0 Å². The second-order valence-electron chi connectivity index (χ2n) is 1.91. The van der Waals surface area contributed by atoms with Crippen LogP contribution in [-0.4, -0.2) is 5.11 Å². The van der Waals surface area contributed by atoms with Crippen LogP contribution in [0.5, 0.6) is 5.75 Å². The van der Waals surface area contributed by atoms with Crippen LogP contribution in [-0.2, 0) is 5.33 Å². The molecule has 1 aromatic carbocycles. The van der Waals surface area contributed by atoms with E-state index in [1.807, 2.05) is 12.1 Å². The van der Waals surface area contributed by atoms with Crippen LogP contribution < -0.4 is 0 Å². The lowest BCUT2D eigenvalue weighted by Gasteiger charge is -1.98. The van der Waals surface area contributed by atoms with Gasteiger partial charge in [0, 0.05) is 15.4 Å². The first-order valence-corrected chi connectivity index (χ1v) is 4.69. The van der Waals surface area contributed by atoms with E-state index < -0.39 is 0 Å². The first-order valence-electron chi connectivity index (χ1n) is 2.77. The SMILES string of the molecule is Oc1cc(Br)ccc1CBr. The van der Waals surface area contributed by atoms with E-state index in [9.17, 15) is 5.11 Å². The summed E-state index contributed by atoms with van der Waals surface area (Å²) in [6, 6.07) is 5.45. The van der Waals surface area contributed by atoms with Gasteiger partial charge >= 0.3 is 0 Å². The molecule has 1 rings (SSSR count). The van der Waals surface area contributed by atoms with Crippen LogP contribution in [0.4, 0.5) is 0 Å². The van der Waals surface area contributed by atoms with Crippen molar-refractivity contribution in [1.29, 1.82) is 0 Å². The van der Waals surface area contributed by atoms with Crippen molar-refractivity contribution in [3.63, 3.8) is 0 Å². The molecule has 1 aromatic rings. The predicted octanol–water partition coefficient (Wildman–Crippen LogP) is 3.05. The molecule has 0 fully saturated rings. The molecule has 0 amide bonds. The molecule has 0 bridgehead atoms. The van der Waals surface area contributed by atoms with Crippen LogP contribution in [0.1, 0.15) is 5.56 Å². The maximum atomic E-state index is 9.23. The highest BCUT2D eigenvalue weighted by molar-refractivity contribution is 9.10. The lowest BCUT2D eigenvalue weighted by Crippen LogP contribution is -1.77. The summed E-state index contributed by atoms with van der Waals surface area (Å²) in [7, 11) is 0. The molecule has 3 heteroatoms. The minimum atomic E-state index is 0.325. The average Bonchev–Trinajstić information content (AvgIpc) is 1.88. The molecule has 1 nitrogen and oxygen atoms in total. The zero-order chi connectivity index (χ0) is 7.56. The third-order valence-corrected chi connectivity index (χ3v) is 2.29. The normalized spacial score (nSPS) is 9.80. The third-order valence-electron chi connectivity index (χ3n) is 1.19. The highest BCUT2D eigenvalue weighted by Gasteiger charge is 1.97. The van der Waals surface area contributed by atoms with E-state index in [1.165, 1.54) is 0 Å². The van der Waals surface area contributed by atoms with Crippen molar-refractivity contribution in [3.05, 3.63) is 28.2 Å². The second kappa shape index (κ2) is 3.39. The Hall–Kier alpha value is -0.0200. The zero-order valence-electron chi connectivity index (χ0n) is 5.14. The number of hydrogen-bond acceptors (Lipinski definition) is 1. The van der Waals surface area contributed by atoms with Crippen LogP contribution in [0, 0.1) is 0 Å². The largest absolute Gasteiger partial charge is 0.508 e. The number of hydrogen-bond donors (Lipinski definition) is 1. The zero-order valence-corrected chi connectivity index (χ0v) is 8.31. The Morgan fingerprint density at radius 3 is 2.60 bits per heavy atom. The molecular formula is C7H6Br2O. The standard InChI is InChI=1S/C7H6Br2O/c8-4-5-1-2-6(9)3-7(5)10/h1-3,10H,4H2. The summed E-state index contributed by atoms with van der Waals surface area (Å²) >= 11 is 6.51. The van der Waals surface area contributed by atoms with Crippen molar-refractivity contribution in [2.24, 2.45) is 0 Å². The number of halogens is 2. The Morgan fingerprint density at radius 1 is 1.40 bits per heavy atom. The van der Waals surface area contributed by atoms with Gasteiger partial charge in [0.15, 0.2) is 0 Å². The molecule has 0 aliphatic heterocycles. The summed E-state index contributed by atoms with van der Waals surface area (Å²) in [5.74, 6) is 0.325. The number of phenols is 1. The molecule has 0 radical (unpaired) electrons. The summed E-state index contributed by atoms with van der Waals surface area (Å²) in [5, 5.41) is 9.92. The van der Waals surface area contributed by atoms with Gasteiger partial charge in [-0.3, -0.25) is 0 Å². The molecule has 0 aromatic heterocycles. The molecule has 0 atom stereocenters. The van der Waals surface area contributed by atoms with Crippen LogP contribution in [0.3, 0.4) is 0 Å². The van der Waals surface area contributed by atoms with Crippen LogP contribution in [0.25, 0.3) is 0 Å². The molecule has 0 saturated carbocycles. The maximum Gasteiger partial charge on any atom is 0.120 e. The fraction of sp³-hybridized carbons (Fsp3) is 0.143. The fourth-order valence-electron chi connectivity index (χ4n) is 0.650. The molecule has 54 valence electrons. The summed E-state index contributed by atoms with van der Waals surface area (Å²) in [5.41, 5.74) is 0.906. The predicted molar refractivity (Wildman–Crippen MR) is 48.4 cm³/mol. The number of benzene rings is 1. The molecule has 0 aliphatic carbocycles. The smallest absolute Gasteiger partial charge is 0.120 e. The van der Waals surface area contributed by atoms with E-state index in [2.05, 4.69) is 31.9 Å². The van der Waals surface area contributed by atoms with E-state index in [-0.39, 0.29) is 0 Å². The molecule has 0 saturated heterocycles. The van der Waals surface area contributed by atoms with Gasteiger partial charge < -0.3 is 5.11 Å². The van der Waals surface area contributed by atoms with Gasteiger partial charge in [0.1, 0.15) is 5.75 Å². The van der Waals surface area contributed by atoms with E-state index in [4.69, 9.17) is 0 Å². The Bertz CT molecular complexity index is 235. The quantitative estimate of drug-likeness (QED) is 0.774. The van der Waals surface area contributed by atoms with Crippen molar-refractivity contribution in [2.45, 2.75) is 5.33 Å². The van der Waals surface area contributed by atoms with E-state index in [1.54, 1.807) is 6.07 Å². The Morgan fingerprint density at radius 2 is 2.10 bits per heavy atom. The highest BCUT2D eigenvalue weighted by Crippen LogP contribution is 2.23. The Labute approximate surface area is 76.3 Å². The van der Waals surface area contributed by atoms with Gasteiger partial charge in [-0.25, -0.2) is 0 Å². The maximum absolute atomic E-state index is 9.23.